The van der Waals surface area contributed by atoms with E-state index < -0.39 is 7.12 Å². The van der Waals surface area contributed by atoms with Crippen molar-refractivity contribution in [2.75, 3.05) is 13.6 Å². The van der Waals surface area contributed by atoms with E-state index in [1.807, 2.05) is 66.5 Å². The molecular formula is C18H19BBrNO3. The first-order chi connectivity index (χ1) is 11.5. The van der Waals surface area contributed by atoms with Gasteiger partial charge in [-0.05, 0) is 37.1 Å². The maximum atomic E-state index is 12.1. The summed E-state index contributed by atoms with van der Waals surface area (Å²) in [5.74, 6) is -0.288. The summed E-state index contributed by atoms with van der Waals surface area (Å²) >= 11 is 3.42. The molecule has 3 rings (SSSR count). The van der Waals surface area contributed by atoms with Gasteiger partial charge in [-0.25, -0.2) is 0 Å². The van der Waals surface area contributed by atoms with Crippen LogP contribution in [0.3, 0.4) is 0 Å². The van der Waals surface area contributed by atoms with Gasteiger partial charge in [0.1, 0.15) is 0 Å². The molecule has 1 heterocycles. The lowest BCUT2D eigenvalue weighted by Crippen LogP contribution is -2.50. The van der Waals surface area contributed by atoms with Crippen LogP contribution in [-0.2, 0) is 14.1 Å². The molecule has 6 heteroatoms. The molecule has 2 unspecified atom stereocenters. The Morgan fingerprint density at radius 3 is 2.46 bits per heavy atom. The van der Waals surface area contributed by atoms with Crippen LogP contribution < -0.4 is 5.46 Å². The zero-order valence-corrected chi connectivity index (χ0v) is 15.3. The lowest BCUT2D eigenvalue weighted by Gasteiger charge is -2.36. The van der Waals surface area contributed by atoms with Crippen LogP contribution in [0.1, 0.15) is 18.6 Å². The fourth-order valence-corrected chi connectivity index (χ4v) is 3.04. The quantitative estimate of drug-likeness (QED) is 0.742. The predicted molar refractivity (Wildman–Crippen MR) is 98.0 cm³/mol. The first-order valence-electron chi connectivity index (χ1n) is 7.90. The average Bonchev–Trinajstić information content (AvgIpc) is 2.58. The van der Waals surface area contributed by atoms with Gasteiger partial charge in [-0.15, -0.1) is 0 Å². The third kappa shape index (κ3) is 3.88. The third-order valence-electron chi connectivity index (χ3n) is 4.29. The molecule has 1 aliphatic rings. The van der Waals surface area contributed by atoms with E-state index in [0.717, 1.165) is 15.5 Å². The smallest absolute Gasteiger partial charge is 0.505 e. The highest BCUT2D eigenvalue weighted by molar-refractivity contribution is 9.10. The Hall–Kier alpha value is -1.63. The molecule has 24 heavy (non-hydrogen) atoms. The zero-order chi connectivity index (χ0) is 17.1. The second kappa shape index (κ2) is 7.51. The Morgan fingerprint density at radius 2 is 1.79 bits per heavy atom. The van der Waals surface area contributed by atoms with E-state index in [2.05, 4.69) is 22.9 Å². The Balaban J connectivity index is 1.94. The van der Waals surface area contributed by atoms with Crippen molar-refractivity contribution in [3.63, 3.8) is 0 Å². The van der Waals surface area contributed by atoms with Gasteiger partial charge in [-0.1, -0.05) is 58.4 Å². The number of carbonyl (C=O) groups is 1. The highest BCUT2D eigenvalue weighted by atomic mass is 79.9. The number of carbonyl (C=O) groups excluding carboxylic acids is 1. The number of hydrogen-bond donors (Lipinski definition) is 0. The fraction of sp³-hybridized carbons (Fsp3) is 0.278. The van der Waals surface area contributed by atoms with E-state index in [-0.39, 0.29) is 24.7 Å². The molecule has 1 aliphatic heterocycles. The lowest BCUT2D eigenvalue weighted by atomic mass is 9.77. The summed E-state index contributed by atoms with van der Waals surface area (Å²) in [6.45, 7) is 2.30. The summed E-state index contributed by atoms with van der Waals surface area (Å²) in [4.78, 5) is 14.1. The van der Waals surface area contributed by atoms with E-state index in [4.69, 9.17) is 9.31 Å². The molecule has 1 fully saturated rings. The number of halogens is 1. The molecule has 2 aromatic rings. The first-order valence-corrected chi connectivity index (χ1v) is 8.69. The maximum absolute atomic E-state index is 12.1. The number of benzene rings is 2. The minimum absolute atomic E-state index is 0.0400. The van der Waals surface area contributed by atoms with Crippen LogP contribution in [0.4, 0.5) is 0 Å². The van der Waals surface area contributed by atoms with Gasteiger partial charge < -0.3 is 9.31 Å². The first kappa shape index (κ1) is 17.2. The predicted octanol–water partition coefficient (Wildman–Crippen LogP) is 2.78. The number of rotatable bonds is 2. The summed E-state index contributed by atoms with van der Waals surface area (Å²) in [7, 11) is 1.19. The monoisotopic (exact) mass is 387 g/mol. The molecule has 2 atom stereocenters. The molecule has 0 radical (unpaired) electrons. The molecule has 0 amide bonds. The van der Waals surface area contributed by atoms with Crippen LogP contribution in [0.5, 0.6) is 0 Å². The van der Waals surface area contributed by atoms with Crippen molar-refractivity contribution in [1.82, 2.24) is 4.90 Å². The SMILES string of the molecule is CC1C(c2ccccc2)OB(c2ccc(Br)cc2)OC(=O)CN1C. The van der Waals surface area contributed by atoms with Crippen LogP contribution in [0, 0.1) is 0 Å². The molecule has 124 valence electrons. The molecule has 0 bridgehead atoms. The Kier molecular flexibility index (Phi) is 5.38. The molecular weight excluding hydrogens is 369 g/mol. The molecule has 0 spiro atoms. The Labute approximate surface area is 151 Å². The highest BCUT2D eigenvalue weighted by Gasteiger charge is 2.37. The van der Waals surface area contributed by atoms with Gasteiger partial charge in [-0.2, -0.15) is 0 Å². The Bertz CT molecular complexity index is 695. The molecule has 0 N–H and O–H groups in total. The van der Waals surface area contributed by atoms with Crippen molar-refractivity contribution in [2.45, 2.75) is 19.1 Å². The topological polar surface area (TPSA) is 38.8 Å². The van der Waals surface area contributed by atoms with Gasteiger partial charge in [0.05, 0.1) is 12.6 Å². The highest BCUT2D eigenvalue weighted by Crippen LogP contribution is 2.27. The van der Waals surface area contributed by atoms with Crippen molar-refractivity contribution < 1.29 is 14.1 Å². The van der Waals surface area contributed by atoms with Gasteiger partial charge in [0.25, 0.3) is 0 Å². The van der Waals surface area contributed by atoms with Gasteiger partial charge in [0, 0.05) is 10.5 Å². The van der Waals surface area contributed by atoms with Crippen LogP contribution in [0.2, 0.25) is 0 Å². The summed E-state index contributed by atoms with van der Waals surface area (Å²) in [5.41, 5.74) is 1.89. The fourth-order valence-electron chi connectivity index (χ4n) is 2.78. The van der Waals surface area contributed by atoms with Crippen LogP contribution >= 0.6 is 15.9 Å². The number of nitrogens with zero attached hydrogens (tertiary/aromatic N) is 1. The normalized spacial score (nSPS) is 22.6. The van der Waals surface area contributed by atoms with E-state index in [9.17, 15) is 4.79 Å². The van der Waals surface area contributed by atoms with E-state index in [1.165, 1.54) is 0 Å². The van der Waals surface area contributed by atoms with Crippen LogP contribution in [0.25, 0.3) is 0 Å². The Morgan fingerprint density at radius 1 is 1.12 bits per heavy atom. The van der Waals surface area contributed by atoms with E-state index in [1.54, 1.807) is 0 Å². The molecule has 2 aromatic carbocycles. The lowest BCUT2D eigenvalue weighted by molar-refractivity contribution is -0.140. The largest absolute Gasteiger partial charge is 0.565 e. The second-order valence-corrected chi connectivity index (χ2v) is 6.91. The summed E-state index contributed by atoms with van der Waals surface area (Å²) in [6.07, 6.45) is -0.196. The summed E-state index contributed by atoms with van der Waals surface area (Å²) < 4.78 is 12.8. The van der Waals surface area contributed by atoms with Crippen molar-refractivity contribution in [3.05, 3.63) is 64.6 Å². The molecule has 0 aliphatic carbocycles. The van der Waals surface area contributed by atoms with Gasteiger partial charge >= 0.3 is 13.1 Å². The minimum Gasteiger partial charge on any atom is -0.505 e. The number of likely N-dealkylation sites (N-methyl/N-ethyl adjacent to an activating group) is 1. The van der Waals surface area contributed by atoms with Gasteiger partial charge in [-0.3, -0.25) is 9.69 Å². The standard InChI is InChI=1S/C18H19BBrNO3/c1-13-18(14-6-4-3-5-7-14)24-19(23-17(22)12-21(13)2)15-8-10-16(20)11-9-15/h3-11,13,18H,12H2,1-2H3. The van der Waals surface area contributed by atoms with Crippen molar-refractivity contribution >= 4 is 34.5 Å². The van der Waals surface area contributed by atoms with Crippen molar-refractivity contribution in [3.8, 4) is 0 Å². The molecule has 0 saturated carbocycles. The minimum atomic E-state index is -0.716. The molecule has 1 saturated heterocycles. The van der Waals surface area contributed by atoms with E-state index in [0.29, 0.717) is 0 Å². The second-order valence-electron chi connectivity index (χ2n) is 6.00. The van der Waals surface area contributed by atoms with Gasteiger partial charge in [0.15, 0.2) is 0 Å². The van der Waals surface area contributed by atoms with Crippen molar-refractivity contribution in [2.24, 2.45) is 0 Å². The summed E-state index contributed by atoms with van der Waals surface area (Å²) in [5, 5.41) is 0. The average molecular weight is 388 g/mol. The van der Waals surface area contributed by atoms with Crippen molar-refractivity contribution in [1.29, 1.82) is 0 Å². The zero-order valence-electron chi connectivity index (χ0n) is 13.7. The van der Waals surface area contributed by atoms with Crippen LogP contribution in [0.15, 0.2) is 59.1 Å². The third-order valence-corrected chi connectivity index (χ3v) is 4.82. The molecule has 0 aromatic heterocycles. The van der Waals surface area contributed by atoms with E-state index >= 15 is 0 Å². The maximum Gasteiger partial charge on any atom is 0.565 e. The van der Waals surface area contributed by atoms with Gasteiger partial charge in [0.2, 0.25) is 0 Å². The molecule has 4 nitrogen and oxygen atoms in total. The van der Waals surface area contributed by atoms with Crippen LogP contribution in [-0.4, -0.2) is 37.6 Å². The number of hydrogen-bond acceptors (Lipinski definition) is 4. The summed E-state index contributed by atoms with van der Waals surface area (Å²) in [6, 6.07) is 17.7.